The second-order valence-corrected chi connectivity index (χ2v) is 6.60. The van der Waals surface area contributed by atoms with Crippen molar-refractivity contribution < 1.29 is 9.53 Å². The van der Waals surface area contributed by atoms with Crippen LogP contribution in [0.25, 0.3) is 11.4 Å². The predicted molar refractivity (Wildman–Crippen MR) is 100 cm³/mol. The van der Waals surface area contributed by atoms with Gasteiger partial charge in [0, 0.05) is 17.1 Å². The molecule has 3 rings (SSSR count). The highest BCUT2D eigenvalue weighted by Gasteiger charge is 2.10. The second kappa shape index (κ2) is 7.90. The van der Waals surface area contributed by atoms with E-state index in [-0.39, 0.29) is 12.5 Å². The highest BCUT2D eigenvalue weighted by molar-refractivity contribution is 7.10. The van der Waals surface area contributed by atoms with E-state index >= 15 is 0 Å². The highest BCUT2D eigenvalue weighted by atomic mass is 32.1. The van der Waals surface area contributed by atoms with Crippen LogP contribution in [0.15, 0.2) is 54.6 Å². The van der Waals surface area contributed by atoms with Gasteiger partial charge in [0.05, 0.1) is 0 Å². The Morgan fingerprint density at radius 3 is 2.52 bits per heavy atom. The van der Waals surface area contributed by atoms with Gasteiger partial charge < -0.3 is 4.74 Å². The molecule has 0 radical (unpaired) electrons. The number of rotatable bonds is 6. The zero-order chi connectivity index (χ0) is 17.6. The Morgan fingerprint density at radius 1 is 1.12 bits per heavy atom. The fraction of sp³-hybridized carbons (Fsp3) is 0.211. The topological polar surface area (TPSA) is 64.1 Å². The van der Waals surface area contributed by atoms with Gasteiger partial charge in [0.25, 0.3) is 5.91 Å². The summed E-state index contributed by atoms with van der Waals surface area (Å²) in [5, 5.41) is 3.17. The molecular formula is C19H19N3O2S. The second-order valence-electron chi connectivity index (χ2n) is 5.85. The Labute approximate surface area is 150 Å². The summed E-state index contributed by atoms with van der Waals surface area (Å²) < 4.78 is 9.77. The lowest BCUT2D eigenvalue weighted by atomic mass is 10.0. The van der Waals surface area contributed by atoms with Crippen LogP contribution in [0.5, 0.6) is 5.75 Å². The van der Waals surface area contributed by atoms with E-state index in [0.717, 1.165) is 17.1 Å². The number of nitrogens with one attached hydrogen (secondary N) is 1. The number of aromatic nitrogens is 2. The first-order valence-corrected chi connectivity index (χ1v) is 8.81. The predicted octanol–water partition coefficient (Wildman–Crippen LogP) is 4.35. The molecule has 25 heavy (non-hydrogen) atoms. The molecule has 0 saturated carbocycles. The first-order valence-electron chi connectivity index (χ1n) is 8.03. The molecule has 5 nitrogen and oxygen atoms in total. The Morgan fingerprint density at radius 2 is 1.84 bits per heavy atom. The fourth-order valence-electron chi connectivity index (χ4n) is 2.23. The van der Waals surface area contributed by atoms with Crippen molar-refractivity contribution in [2.45, 2.75) is 19.8 Å². The molecule has 0 aliphatic rings. The quantitative estimate of drug-likeness (QED) is 0.716. The van der Waals surface area contributed by atoms with Crippen LogP contribution >= 0.6 is 11.5 Å². The number of nitrogens with zero attached hydrogens (tertiary/aromatic N) is 2. The molecule has 6 heteroatoms. The van der Waals surface area contributed by atoms with Gasteiger partial charge in [-0.25, -0.2) is 0 Å². The zero-order valence-corrected chi connectivity index (χ0v) is 14.9. The van der Waals surface area contributed by atoms with Gasteiger partial charge in [0.2, 0.25) is 5.13 Å². The number of carbonyl (C=O) groups excluding carboxylic acids is 1. The van der Waals surface area contributed by atoms with Crippen LogP contribution in [0.1, 0.15) is 25.3 Å². The zero-order valence-electron chi connectivity index (χ0n) is 14.1. The van der Waals surface area contributed by atoms with Crippen LogP contribution < -0.4 is 10.1 Å². The smallest absolute Gasteiger partial charge is 0.264 e. The molecule has 0 saturated heterocycles. The molecule has 3 aromatic rings. The van der Waals surface area contributed by atoms with E-state index in [9.17, 15) is 4.79 Å². The van der Waals surface area contributed by atoms with Crippen molar-refractivity contribution >= 4 is 22.6 Å². The number of benzene rings is 2. The molecule has 2 aromatic carbocycles. The SMILES string of the molecule is CC(C)c1ccc(OCC(=O)Nc2nc(-c3ccccc3)ns2)cc1. The lowest BCUT2D eigenvalue weighted by Crippen LogP contribution is -2.20. The monoisotopic (exact) mass is 353 g/mol. The number of hydrogen-bond donors (Lipinski definition) is 1. The van der Waals surface area contributed by atoms with Crippen LogP contribution in [0.4, 0.5) is 5.13 Å². The van der Waals surface area contributed by atoms with Crippen molar-refractivity contribution in [2.75, 3.05) is 11.9 Å². The highest BCUT2D eigenvalue weighted by Crippen LogP contribution is 2.21. The number of ether oxygens (including phenoxy) is 1. The molecule has 0 spiro atoms. The van der Waals surface area contributed by atoms with Crippen molar-refractivity contribution in [3.05, 3.63) is 60.2 Å². The summed E-state index contributed by atoms with van der Waals surface area (Å²) in [7, 11) is 0. The van der Waals surface area contributed by atoms with E-state index in [4.69, 9.17) is 4.74 Å². The molecule has 1 N–H and O–H groups in total. The van der Waals surface area contributed by atoms with E-state index in [1.807, 2.05) is 54.6 Å². The Kier molecular flexibility index (Phi) is 5.40. The number of anilines is 1. The Hall–Kier alpha value is -2.73. The first-order chi connectivity index (χ1) is 12.1. The minimum absolute atomic E-state index is 0.0682. The summed E-state index contributed by atoms with van der Waals surface area (Å²) >= 11 is 1.15. The summed E-state index contributed by atoms with van der Waals surface area (Å²) in [5.74, 6) is 1.48. The lowest BCUT2D eigenvalue weighted by Gasteiger charge is -2.08. The third kappa shape index (κ3) is 4.64. The summed E-state index contributed by atoms with van der Waals surface area (Å²) in [6.07, 6.45) is 0. The van der Waals surface area contributed by atoms with Gasteiger partial charge in [-0.05, 0) is 23.6 Å². The van der Waals surface area contributed by atoms with Crippen LogP contribution in [-0.4, -0.2) is 21.9 Å². The maximum absolute atomic E-state index is 12.0. The fourth-order valence-corrected chi connectivity index (χ4v) is 2.84. The average molecular weight is 353 g/mol. The van der Waals surface area contributed by atoms with Crippen LogP contribution in [0.3, 0.4) is 0 Å². The third-order valence-corrected chi connectivity index (χ3v) is 4.25. The van der Waals surface area contributed by atoms with Gasteiger partial charge >= 0.3 is 0 Å². The number of amides is 1. The third-order valence-electron chi connectivity index (χ3n) is 3.62. The largest absolute Gasteiger partial charge is 0.484 e. The molecule has 0 atom stereocenters. The lowest BCUT2D eigenvalue weighted by molar-refractivity contribution is -0.118. The molecule has 0 fully saturated rings. The summed E-state index contributed by atoms with van der Waals surface area (Å²) in [6, 6.07) is 17.4. The molecule has 1 amide bonds. The van der Waals surface area contributed by atoms with Crippen molar-refractivity contribution in [2.24, 2.45) is 0 Å². The van der Waals surface area contributed by atoms with E-state index in [1.54, 1.807) is 0 Å². The van der Waals surface area contributed by atoms with E-state index in [0.29, 0.717) is 22.6 Å². The maximum Gasteiger partial charge on any atom is 0.264 e. The van der Waals surface area contributed by atoms with Crippen molar-refractivity contribution in [1.29, 1.82) is 0 Å². The normalized spacial score (nSPS) is 10.7. The molecule has 1 heterocycles. The van der Waals surface area contributed by atoms with Crippen LogP contribution in [-0.2, 0) is 4.79 Å². The Balaban J connectivity index is 1.53. The maximum atomic E-state index is 12.0. The van der Waals surface area contributed by atoms with Gasteiger partial charge in [-0.3, -0.25) is 10.1 Å². The van der Waals surface area contributed by atoms with Gasteiger partial charge in [-0.15, -0.1) is 0 Å². The van der Waals surface area contributed by atoms with E-state index < -0.39 is 0 Å². The first kappa shape index (κ1) is 17.1. The standard InChI is InChI=1S/C19H19N3O2S/c1-13(2)14-8-10-16(11-9-14)24-12-17(23)20-19-21-18(22-25-19)15-6-4-3-5-7-15/h3-11,13H,12H2,1-2H3,(H,20,21,22,23). The van der Waals surface area contributed by atoms with E-state index in [2.05, 4.69) is 28.5 Å². The Bertz CT molecular complexity index is 829. The van der Waals surface area contributed by atoms with Gasteiger partial charge in [0.1, 0.15) is 5.75 Å². The van der Waals surface area contributed by atoms with Crippen molar-refractivity contribution in [3.8, 4) is 17.1 Å². The van der Waals surface area contributed by atoms with Crippen molar-refractivity contribution in [1.82, 2.24) is 9.36 Å². The van der Waals surface area contributed by atoms with Crippen LogP contribution in [0.2, 0.25) is 0 Å². The molecule has 0 aliphatic carbocycles. The number of hydrogen-bond acceptors (Lipinski definition) is 5. The minimum Gasteiger partial charge on any atom is -0.484 e. The molecule has 1 aromatic heterocycles. The molecule has 128 valence electrons. The van der Waals surface area contributed by atoms with Crippen molar-refractivity contribution in [3.63, 3.8) is 0 Å². The molecule has 0 bridgehead atoms. The summed E-state index contributed by atoms with van der Waals surface area (Å²) in [5.41, 5.74) is 2.15. The van der Waals surface area contributed by atoms with E-state index in [1.165, 1.54) is 5.56 Å². The summed E-state index contributed by atoms with van der Waals surface area (Å²) in [6.45, 7) is 4.20. The average Bonchev–Trinajstić information content (AvgIpc) is 3.09. The van der Waals surface area contributed by atoms with Gasteiger partial charge in [-0.2, -0.15) is 9.36 Å². The molecule has 0 aliphatic heterocycles. The molecule has 0 unspecified atom stereocenters. The minimum atomic E-state index is -0.260. The van der Waals surface area contributed by atoms with Crippen LogP contribution in [0, 0.1) is 0 Å². The summed E-state index contributed by atoms with van der Waals surface area (Å²) in [4.78, 5) is 16.3. The van der Waals surface area contributed by atoms with Gasteiger partial charge in [0.15, 0.2) is 12.4 Å². The van der Waals surface area contributed by atoms with Gasteiger partial charge in [-0.1, -0.05) is 56.3 Å². The number of carbonyl (C=O) groups is 1. The molecular weight excluding hydrogens is 334 g/mol.